The molecule has 2 aromatic rings. The molecule has 0 fully saturated rings. The number of hydrazone groups is 1. The molecule has 0 heterocycles. The summed E-state index contributed by atoms with van der Waals surface area (Å²) in [5.41, 5.74) is 3.96. The van der Waals surface area contributed by atoms with Crippen molar-refractivity contribution in [2.75, 3.05) is 13.2 Å². The topological polar surface area (TPSA) is 59.9 Å². The van der Waals surface area contributed by atoms with Crippen LogP contribution in [0.1, 0.15) is 37.6 Å². The first-order valence-corrected chi connectivity index (χ1v) is 8.86. The summed E-state index contributed by atoms with van der Waals surface area (Å²) in [5, 5.41) is 4.19. The molecule has 2 rings (SSSR count). The zero-order chi connectivity index (χ0) is 18.8. The molecular formula is C21H26N2O3. The van der Waals surface area contributed by atoms with Crippen LogP contribution in [0.25, 0.3) is 0 Å². The number of rotatable bonds is 9. The molecule has 5 heteroatoms. The first-order chi connectivity index (χ1) is 12.6. The predicted molar refractivity (Wildman–Crippen MR) is 104 cm³/mol. The number of hydrogen-bond donors (Lipinski definition) is 1. The van der Waals surface area contributed by atoms with E-state index in [9.17, 15) is 4.79 Å². The van der Waals surface area contributed by atoms with Gasteiger partial charge < -0.3 is 9.47 Å². The van der Waals surface area contributed by atoms with Gasteiger partial charge in [-0.1, -0.05) is 44.2 Å². The van der Waals surface area contributed by atoms with Gasteiger partial charge in [0, 0.05) is 5.71 Å². The third-order valence-electron chi connectivity index (χ3n) is 4.14. The summed E-state index contributed by atoms with van der Waals surface area (Å²) in [6.45, 7) is 6.82. The number of nitrogens with one attached hydrogen (secondary N) is 1. The zero-order valence-electron chi connectivity index (χ0n) is 15.6. The summed E-state index contributed by atoms with van der Waals surface area (Å²) in [4.78, 5) is 12.4. The van der Waals surface area contributed by atoms with E-state index in [0.29, 0.717) is 30.4 Å². The quantitative estimate of drug-likeness (QED) is 0.415. The number of amides is 1. The van der Waals surface area contributed by atoms with E-state index >= 15 is 0 Å². The van der Waals surface area contributed by atoms with Crippen LogP contribution >= 0.6 is 0 Å². The van der Waals surface area contributed by atoms with Gasteiger partial charge in [0.1, 0.15) is 24.7 Å². The lowest BCUT2D eigenvalue weighted by molar-refractivity contribution is 0.0949. The van der Waals surface area contributed by atoms with Gasteiger partial charge in [-0.05, 0) is 43.5 Å². The average Bonchev–Trinajstić information content (AvgIpc) is 2.69. The highest BCUT2D eigenvalue weighted by Crippen LogP contribution is 2.18. The predicted octanol–water partition coefficient (Wildman–Crippen LogP) is 4.30. The highest BCUT2D eigenvalue weighted by Gasteiger charge is 2.12. The van der Waals surface area contributed by atoms with E-state index in [1.807, 2.05) is 43.3 Å². The lowest BCUT2D eigenvalue weighted by Crippen LogP contribution is -2.22. The SMILES string of the molecule is CCC(C)C(C)=NNC(=O)c1ccccc1OCCOc1ccccc1. The summed E-state index contributed by atoms with van der Waals surface area (Å²) in [7, 11) is 0. The lowest BCUT2D eigenvalue weighted by Gasteiger charge is -2.12. The molecule has 0 bridgehead atoms. The monoisotopic (exact) mass is 354 g/mol. The largest absolute Gasteiger partial charge is 0.490 e. The number of para-hydroxylation sites is 2. The Labute approximate surface area is 155 Å². The molecule has 0 saturated carbocycles. The molecule has 1 atom stereocenters. The third-order valence-corrected chi connectivity index (χ3v) is 4.14. The van der Waals surface area contributed by atoms with Crippen molar-refractivity contribution in [2.24, 2.45) is 11.0 Å². The molecule has 0 saturated heterocycles. The molecule has 1 amide bonds. The maximum atomic E-state index is 12.4. The van der Waals surface area contributed by atoms with Gasteiger partial charge in [-0.3, -0.25) is 4.79 Å². The van der Waals surface area contributed by atoms with Crippen molar-refractivity contribution >= 4 is 11.6 Å². The van der Waals surface area contributed by atoms with Crippen LogP contribution in [0.5, 0.6) is 11.5 Å². The first kappa shape index (κ1) is 19.5. The number of carbonyl (C=O) groups excluding carboxylic acids is 1. The minimum absolute atomic E-state index is 0.285. The van der Waals surface area contributed by atoms with Gasteiger partial charge in [0.15, 0.2) is 0 Å². The van der Waals surface area contributed by atoms with Crippen molar-refractivity contribution < 1.29 is 14.3 Å². The second kappa shape index (κ2) is 10.2. The van der Waals surface area contributed by atoms with Crippen molar-refractivity contribution in [3.8, 4) is 11.5 Å². The van der Waals surface area contributed by atoms with Crippen LogP contribution in [0.15, 0.2) is 59.7 Å². The Morgan fingerprint density at radius 2 is 1.69 bits per heavy atom. The molecule has 0 radical (unpaired) electrons. The van der Waals surface area contributed by atoms with Crippen molar-refractivity contribution in [2.45, 2.75) is 27.2 Å². The van der Waals surface area contributed by atoms with Crippen molar-refractivity contribution in [1.82, 2.24) is 5.43 Å². The molecule has 0 aliphatic rings. The average molecular weight is 354 g/mol. The van der Waals surface area contributed by atoms with E-state index in [4.69, 9.17) is 9.47 Å². The van der Waals surface area contributed by atoms with E-state index in [1.54, 1.807) is 18.2 Å². The van der Waals surface area contributed by atoms with Gasteiger partial charge in [0.2, 0.25) is 0 Å². The standard InChI is InChI=1S/C21H26N2O3/c1-4-16(2)17(3)22-23-21(24)19-12-8-9-13-20(19)26-15-14-25-18-10-6-5-7-11-18/h5-13,16H,4,14-15H2,1-3H3,(H,23,24). The van der Waals surface area contributed by atoms with Crippen molar-refractivity contribution in [1.29, 1.82) is 0 Å². The smallest absolute Gasteiger partial charge is 0.275 e. The van der Waals surface area contributed by atoms with Crippen LogP contribution in [0.2, 0.25) is 0 Å². The Bertz CT molecular complexity index is 729. The molecule has 0 aliphatic heterocycles. The summed E-state index contributed by atoms with van der Waals surface area (Å²) in [6.07, 6.45) is 0.978. The number of ether oxygens (including phenoxy) is 2. The van der Waals surface area contributed by atoms with Crippen molar-refractivity contribution in [3.05, 3.63) is 60.2 Å². The number of hydrogen-bond acceptors (Lipinski definition) is 4. The van der Waals surface area contributed by atoms with E-state index < -0.39 is 0 Å². The van der Waals surface area contributed by atoms with Crippen LogP contribution in [0.4, 0.5) is 0 Å². The molecule has 0 aliphatic carbocycles. The molecule has 0 aromatic heterocycles. The maximum absolute atomic E-state index is 12.4. The summed E-state index contributed by atoms with van der Waals surface area (Å²) < 4.78 is 11.3. The fraction of sp³-hybridized carbons (Fsp3) is 0.333. The van der Waals surface area contributed by atoms with Gasteiger partial charge in [-0.15, -0.1) is 0 Å². The molecule has 2 aromatic carbocycles. The van der Waals surface area contributed by atoms with E-state index in [-0.39, 0.29) is 5.91 Å². The van der Waals surface area contributed by atoms with Gasteiger partial charge in [-0.25, -0.2) is 5.43 Å². The van der Waals surface area contributed by atoms with E-state index in [1.165, 1.54) is 0 Å². The second-order valence-electron chi connectivity index (χ2n) is 6.01. The highest BCUT2D eigenvalue weighted by atomic mass is 16.5. The molecule has 0 spiro atoms. The molecular weight excluding hydrogens is 328 g/mol. The number of carbonyl (C=O) groups is 1. The Morgan fingerprint density at radius 3 is 2.42 bits per heavy atom. The zero-order valence-corrected chi connectivity index (χ0v) is 15.6. The summed E-state index contributed by atoms with van der Waals surface area (Å²) in [6, 6.07) is 16.7. The van der Waals surface area contributed by atoms with Crippen LogP contribution in [0.3, 0.4) is 0 Å². The van der Waals surface area contributed by atoms with Crippen LogP contribution < -0.4 is 14.9 Å². The minimum atomic E-state index is -0.285. The second-order valence-corrected chi connectivity index (χ2v) is 6.01. The normalized spacial score (nSPS) is 12.3. The number of nitrogens with zero attached hydrogens (tertiary/aromatic N) is 1. The Hall–Kier alpha value is -2.82. The fourth-order valence-corrected chi connectivity index (χ4v) is 2.21. The summed E-state index contributed by atoms with van der Waals surface area (Å²) >= 11 is 0. The van der Waals surface area contributed by atoms with Crippen LogP contribution in [-0.2, 0) is 0 Å². The Morgan fingerprint density at radius 1 is 1.04 bits per heavy atom. The van der Waals surface area contributed by atoms with Gasteiger partial charge >= 0.3 is 0 Å². The number of benzene rings is 2. The fourth-order valence-electron chi connectivity index (χ4n) is 2.21. The Kier molecular flexibility index (Phi) is 7.68. The minimum Gasteiger partial charge on any atom is -0.490 e. The lowest BCUT2D eigenvalue weighted by atomic mass is 10.1. The van der Waals surface area contributed by atoms with Gasteiger partial charge in [0.05, 0.1) is 5.56 Å². The van der Waals surface area contributed by atoms with E-state index in [2.05, 4.69) is 24.4 Å². The highest BCUT2D eigenvalue weighted by molar-refractivity contribution is 5.97. The van der Waals surface area contributed by atoms with Crippen LogP contribution in [0, 0.1) is 5.92 Å². The van der Waals surface area contributed by atoms with Gasteiger partial charge in [-0.2, -0.15) is 5.10 Å². The first-order valence-electron chi connectivity index (χ1n) is 8.86. The van der Waals surface area contributed by atoms with Crippen LogP contribution in [-0.4, -0.2) is 24.8 Å². The van der Waals surface area contributed by atoms with Gasteiger partial charge in [0.25, 0.3) is 5.91 Å². The summed E-state index contributed by atoms with van der Waals surface area (Å²) in [5.74, 6) is 1.35. The van der Waals surface area contributed by atoms with E-state index in [0.717, 1.165) is 17.9 Å². The molecule has 26 heavy (non-hydrogen) atoms. The third kappa shape index (κ3) is 5.92. The Balaban J connectivity index is 1.91. The molecule has 5 nitrogen and oxygen atoms in total. The molecule has 138 valence electrons. The maximum Gasteiger partial charge on any atom is 0.275 e. The van der Waals surface area contributed by atoms with Crippen molar-refractivity contribution in [3.63, 3.8) is 0 Å². The molecule has 1 N–H and O–H groups in total. The molecule has 1 unspecified atom stereocenters.